The van der Waals surface area contributed by atoms with E-state index in [4.69, 9.17) is 4.74 Å². The highest BCUT2D eigenvalue weighted by molar-refractivity contribution is 6.02. The van der Waals surface area contributed by atoms with Gasteiger partial charge in [-0.1, -0.05) is 53.2 Å². The van der Waals surface area contributed by atoms with Gasteiger partial charge in [-0.15, -0.1) is 0 Å². The maximum atomic E-state index is 16.6. The van der Waals surface area contributed by atoms with Crippen molar-refractivity contribution >= 4 is 10.8 Å². The van der Waals surface area contributed by atoms with Gasteiger partial charge < -0.3 is 4.74 Å². The lowest BCUT2D eigenvalue weighted by Crippen LogP contribution is -2.78. The van der Waals surface area contributed by atoms with Crippen LogP contribution in [0.1, 0.15) is 88.1 Å². The van der Waals surface area contributed by atoms with Gasteiger partial charge in [0.05, 0.1) is 23.6 Å². The van der Waals surface area contributed by atoms with E-state index in [2.05, 4.69) is 117 Å². The first-order chi connectivity index (χ1) is 21.3. The molecule has 222 valence electrons. The van der Waals surface area contributed by atoms with Crippen molar-refractivity contribution in [3.63, 3.8) is 0 Å². The molecule has 2 aromatic heterocycles. The predicted octanol–water partition coefficient (Wildman–Crippen LogP) is 8.51. The summed E-state index contributed by atoms with van der Waals surface area (Å²) < 4.78 is 27.4. The van der Waals surface area contributed by atoms with Gasteiger partial charge in [0, 0.05) is 53.1 Å². The van der Waals surface area contributed by atoms with E-state index in [0.717, 1.165) is 54.7 Å². The van der Waals surface area contributed by atoms with Crippen molar-refractivity contribution in [3.05, 3.63) is 113 Å². The zero-order chi connectivity index (χ0) is 30.6. The van der Waals surface area contributed by atoms with E-state index in [1.54, 1.807) is 13.2 Å². The number of ether oxygens (including phenoxy) is 1. The fraction of sp³-hybridized carbons (Fsp3) is 0.350. The molecule has 8 rings (SSSR count). The van der Waals surface area contributed by atoms with Gasteiger partial charge in [0.25, 0.3) is 5.54 Å². The van der Waals surface area contributed by atoms with Gasteiger partial charge in [-0.2, -0.15) is 9.13 Å². The van der Waals surface area contributed by atoms with Crippen molar-refractivity contribution in [1.29, 1.82) is 0 Å². The van der Waals surface area contributed by atoms with Crippen LogP contribution in [0, 0.1) is 5.82 Å². The molecule has 3 aliphatic rings. The van der Waals surface area contributed by atoms with Gasteiger partial charge in [0.15, 0.2) is 12.4 Å². The smallest absolute Gasteiger partial charge is 0.284 e. The largest absolute Gasteiger partial charge is 0.497 e. The van der Waals surface area contributed by atoms with E-state index >= 15 is 4.39 Å². The molecule has 1 atom stereocenters. The molecule has 4 heterocycles. The third kappa shape index (κ3) is 3.02. The van der Waals surface area contributed by atoms with Crippen LogP contribution in [0.25, 0.3) is 33.3 Å². The molecule has 44 heavy (non-hydrogen) atoms. The van der Waals surface area contributed by atoms with Crippen LogP contribution in [-0.2, 0) is 22.9 Å². The number of rotatable bonds is 6. The van der Waals surface area contributed by atoms with Crippen molar-refractivity contribution in [2.45, 2.75) is 83.2 Å². The molecule has 1 unspecified atom stereocenters. The summed E-state index contributed by atoms with van der Waals surface area (Å²) in [6.07, 6.45) is 9.71. The summed E-state index contributed by atoms with van der Waals surface area (Å²) in [4.78, 5) is 0. The Labute approximate surface area is 260 Å². The lowest BCUT2D eigenvalue weighted by molar-refractivity contribution is -0.856. The van der Waals surface area contributed by atoms with E-state index in [-0.39, 0.29) is 11.4 Å². The van der Waals surface area contributed by atoms with Gasteiger partial charge in [0.2, 0.25) is 16.9 Å². The predicted molar refractivity (Wildman–Crippen MR) is 174 cm³/mol. The Hall–Kier alpha value is -4.05. The van der Waals surface area contributed by atoms with Crippen LogP contribution in [0.2, 0.25) is 0 Å². The van der Waals surface area contributed by atoms with E-state index in [1.807, 2.05) is 0 Å². The van der Waals surface area contributed by atoms with Gasteiger partial charge in [-0.05, 0) is 65.8 Å². The second-order valence-corrected chi connectivity index (χ2v) is 13.5. The van der Waals surface area contributed by atoms with Crippen LogP contribution >= 0.6 is 0 Å². The maximum Gasteiger partial charge on any atom is 0.284 e. The molecule has 0 radical (unpaired) electrons. The van der Waals surface area contributed by atoms with E-state index in [9.17, 15) is 0 Å². The molecular weight excluding hydrogens is 543 g/mol. The van der Waals surface area contributed by atoms with Crippen LogP contribution in [-0.4, -0.2) is 7.11 Å². The standard InChI is InChI=1S/C40H41FN2O/c1-7-10-13-25-22-26-19-21-43-37-34(26)31(23-25)38(4,5)36-32(41)18-17-30(35(36)37)40(39(43,8-2)9-3)29-16-15-27(44-6)24-28(29)33-14-11-12-20-42(33)40/h11-12,14-24H,7-10,13H2,1-6H3/q+2. The Morgan fingerprint density at radius 3 is 2.36 bits per heavy atom. The summed E-state index contributed by atoms with van der Waals surface area (Å²) in [5.74, 6) is 0.722. The lowest BCUT2D eigenvalue weighted by Gasteiger charge is -2.47. The molecular formula is C40H41FN2O+2. The van der Waals surface area contributed by atoms with Crippen LogP contribution in [0.4, 0.5) is 4.39 Å². The Morgan fingerprint density at radius 1 is 0.818 bits per heavy atom. The molecule has 0 N–H and O–H groups in total. The molecule has 2 aliphatic heterocycles. The van der Waals surface area contributed by atoms with E-state index < -0.39 is 11.0 Å². The van der Waals surface area contributed by atoms with Crippen LogP contribution in [0.15, 0.2) is 79.1 Å². The topological polar surface area (TPSA) is 17.0 Å². The Kier molecular flexibility index (Phi) is 5.77. The molecule has 0 fully saturated rings. The number of nitrogens with zero attached hydrogens (tertiary/aromatic N) is 2. The van der Waals surface area contributed by atoms with Crippen molar-refractivity contribution in [3.8, 4) is 28.3 Å². The summed E-state index contributed by atoms with van der Waals surface area (Å²) in [5, 5.41) is 2.54. The summed E-state index contributed by atoms with van der Waals surface area (Å²) >= 11 is 0. The normalized spacial score (nSPS) is 19.2. The highest BCUT2D eigenvalue weighted by Crippen LogP contribution is 2.61. The first-order valence-corrected chi connectivity index (χ1v) is 16.4. The average Bonchev–Trinajstić information content (AvgIpc) is 3.33. The number of hydrogen-bond acceptors (Lipinski definition) is 1. The minimum Gasteiger partial charge on any atom is -0.497 e. The molecule has 3 nitrogen and oxygen atoms in total. The van der Waals surface area contributed by atoms with Gasteiger partial charge in [-0.3, -0.25) is 0 Å². The number of pyridine rings is 2. The molecule has 5 aromatic rings. The number of aromatic nitrogens is 2. The summed E-state index contributed by atoms with van der Waals surface area (Å²) in [6.45, 7) is 11.4. The van der Waals surface area contributed by atoms with Gasteiger partial charge in [-0.25, -0.2) is 4.39 Å². The number of hydrogen-bond donors (Lipinski definition) is 0. The maximum absolute atomic E-state index is 16.6. The van der Waals surface area contributed by atoms with Crippen LogP contribution in [0.5, 0.6) is 5.75 Å². The highest BCUT2D eigenvalue weighted by atomic mass is 19.1. The van der Waals surface area contributed by atoms with Crippen LogP contribution < -0.4 is 13.9 Å². The minimum atomic E-state index is -0.591. The summed E-state index contributed by atoms with van der Waals surface area (Å²) in [5.41, 5.74) is 8.97. The molecule has 0 saturated heterocycles. The third-order valence-corrected chi connectivity index (χ3v) is 11.4. The Morgan fingerprint density at radius 2 is 1.61 bits per heavy atom. The summed E-state index contributed by atoms with van der Waals surface area (Å²) in [7, 11) is 1.73. The quantitative estimate of drug-likeness (QED) is 0.183. The van der Waals surface area contributed by atoms with E-state index in [0.29, 0.717) is 0 Å². The molecule has 3 aromatic carbocycles. The van der Waals surface area contributed by atoms with Crippen molar-refractivity contribution in [2.24, 2.45) is 0 Å². The monoisotopic (exact) mass is 584 g/mol. The first kappa shape index (κ1) is 27.5. The minimum absolute atomic E-state index is 0.121. The fourth-order valence-electron chi connectivity index (χ4n) is 9.50. The molecule has 0 bridgehead atoms. The molecule has 0 amide bonds. The molecule has 1 aliphatic carbocycles. The number of methoxy groups -OCH3 is 1. The Bertz CT molecular complexity index is 2020. The van der Waals surface area contributed by atoms with Gasteiger partial charge >= 0.3 is 0 Å². The van der Waals surface area contributed by atoms with Crippen LogP contribution in [0.3, 0.4) is 0 Å². The average molecular weight is 585 g/mol. The van der Waals surface area contributed by atoms with Crippen molar-refractivity contribution < 1.29 is 18.3 Å². The number of fused-ring (bicyclic) bond motifs is 6. The lowest BCUT2D eigenvalue weighted by atomic mass is 9.58. The van der Waals surface area contributed by atoms with Crippen molar-refractivity contribution in [2.75, 3.05) is 7.11 Å². The first-order valence-electron chi connectivity index (χ1n) is 16.4. The zero-order valence-electron chi connectivity index (χ0n) is 26.7. The van der Waals surface area contributed by atoms with Gasteiger partial charge in [0.1, 0.15) is 11.6 Å². The Balaban J connectivity index is 1.60. The second-order valence-electron chi connectivity index (χ2n) is 13.5. The fourth-order valence-corrected chi connectivity index (χ4v) is 9.50. The van der Waals surface area contributed by atoms with Crippen molar-refractivity contribution in [1.82, 2.24) is 0 Å². The summed E-state index contributed by atoms with van der Waals surface area (Å²) in [6, 6.07) is 24.0. The SMILES string of the molecule is CCCCc1cc2c3c4[n+](ccc3c1)C(CC)(CC)C1(c3ccc(OC)cc3-c3cccc[n+]31)c1ccc(F)c(c1-4)C2(C)C. The highest BCUT2D eigenvalue weighted by Gasteiger charge is 2.74. The molecule has 4 heteroatoms. The zero-order valence-corrected chi connectivity index (χ0v) is 26.7. The number of unbranched alkanes of at least 4 members (excludes halogenated alkanes) is 1. The van der Waals surface area contributed by atoms with E-state index in [1.165, 1.54) is 44.3 Å². The number of aryl methyl sites for hydroxylation is 1. The molecule has 1 spiro atoms. The molecule has 0 saturated carbocycles. The number of halogens is 1. The second kappa shape index (κ2) is 9.23. The third-order valence-electron chi connectivity index (χ3n) is 11.4. The number of benzene rings is 3.